The molecule has 7 nitrogen and oxygen atoms in total. The fraction of sp³-hybridized carbons (Fsp3) is 0.250. The lowest BCUT2D eigenvalue weighted by atomic mass is 10.2. The van der Waals surface area contributed by atoms with E-state index in [1.165, 1.54) is 4.68 Å². The van der Waals surface area contributed by atoms with Crippen molar-refractivity contribution in [2.75, 3.05) is 5.32 Å². The third kappa shape index (κ3) is 3.21. The first-order chi connectivity index (χ1) is 11.2. The number of aryl methyl sites for hydroxylation is 2. The number of anilines is 1. The minimum Gasteiger partial charge on any atom is -0.309 e. The largest absolute Gasteiger partial charge is 0.309 e. The van der Waals surface area contributed by atoms with Gasteiger partial charge < -0.3 is 5.32 Å². The molecule has 3 aromatic rings. The van der Waals surface area contributed by atoms with Crippen molar-refractivity contribution in [1.82, 2.24) is 19.6 Å². The van der Waals surface area contributed by atoms with Crippen LogP contribution in [-0.4, -0.2) is 25.5 Å². The highest BCUT2D eigenvalue weighted by Gasteiger charge is 2.09. The van der Waals surface area contributed by atoms with Gasteiger partial charge in [-0.1, -0.05) is 18.2 Å². The maximum Gasteiger partial charge on any atom is 0.227 e. The van der Waals surface area contributed by atoms with Crippen molar-refractivity contribution in [3.63, 3.8) is 0 Å². The standard InChI is InChI=1S/C16H16N6O/c1-12-13-4-2-3-5-14(13)22(19-12)10-7-16(23)18-15-6-9-21(20-15)11-8-17/h2-6,9H,7,10-11H2,1H3,(H,18,20,23). The maximum absolute atomic E-state index is 12.0. The third-order valence-corrected chi connectivity index (χ3v) is 3.53. The van der Waals surface area contributed by atoms with Crippen LogP contribution in [0.4, 0.5) is 5.82 Å². The lowest BCUT2D eigenvalue weighted by molar-refractivity contribution is -0.116. The summed E-state index contributed by atoms with van der Waals surface area (Å²) in [5.41, 5.74) is 1.98. The van der Waals surface area contributed by atoms with E-state index in [-0.39, 0.29) is 12.5 Å². The van der Waals surface area contributed by atoms with Gasteiger partial charge in [0.15, 0.2) is 5.82 Å². The number of aromatic nitrogens is 4. The van der Waals surface area contributed by atoms with Gasteiger partial charge in [0.05, 0.1) is 23.8 Å². The number of carbonyl (C=O) groups excluding carboxylic acids is 1. The summed E-state index contributed by atoms with van der Waals surface area (Å²) < 4.78 is 3.32. The Morgan fingerprint density at radius 3 is 2.96 bits per heavy atom. The van der Waals surface area contributed by atoms with Crippen LogP contribution in [0.25, 0.3) is 10.9 Å². The van der Waals surface area contributed by atoms with E-state index in [2.05, 4.69) is 15.5 Å². The van der Waals surface area contributed by atoms with Crippen molar-refractivity contribution in [3.05, 3.63) is 42.2 Å². The molecule has 1 aromatic carbocycles. The third-order valence-electron chi connectivity index (χ3n) is 3.53. The normalized spacial score (nSPS) is 10.6. The molecule has 0 fully saturated rings. The van der Waals surface area contributed by atoms with Gasteiger partial charge in [-0.2, -0.15) is 15.5 Å². The van der Waals surface area contributed by atoms with Crippen molar-refractivity contribution in [2.45, 2.75) is 26.4 Å². The van der Waals surface area contributed by atoms with Crippen LogP contribution < -0.4 is 5.32 Å². The Morgan fingerprint density at radius 1 is 1.30 bits per heavy atom. The molecule has 2 heterocycles. The Hall–Kier alpha value is -3.14. The summed E-state index contributed by atoms with van der Waals surface area (Å²) in [6, 6.07) is 11.6. The van der Waals surface area contributed by atoms with Gasteiger partial charge in [0, 0.05) is 24.1 Å². The Bertz CT molecular complexity index is 885. The zero-order valence-corrected chi connectivity index (χ0v) is 12.7. The molecule has 116 valence electrons. The average molecular weight is 308 g/mol. The molecule has 7 heteroatoms. The highest BCUT2D eigenvalue weighted by Crippen LogP contribution is 2.17. The van der Waals surface area contributed by atoms with Gasteiger partial charge in [-0.25, -0.2) is 0 Å². The maximum atomic E-state index is 12.0. The van der Waals surface area contributed by atoms with E-state index in [1.807, 2.05) is 41.9 Å². The second-order valence-electron chi connectivity index (χ2n) is 5.18. The number of fused-ring (bicyclic) bond motifs is 1. The number of para-hydroxylation sites is 1. The number of nitriles is 1. The van der Waals surface area contributed by atoms with Crippen LogP contribution in [0.5, 0.6) is 0 Å². The number of carbonyl (C=O) groups is 1. The van der Waals surface area contributed by atoms with Gasteiger partial charge in [0.2, 0.25) is 5.91 Å². The summed E-state index contributed by atoms with van der Waals surface area (Å²) in [6.45, 7) is 2.62. The average Bonchev–Trinajstić information content (AvgIpc) is 3.11. The highest BCUT2D eigenvalue weighted by atomic mass is 16.1. The minimum atomic E-state index is -0.135. The number of nitrogens with one attached hydrogen (secondary N) is 1. The molecular formula is C16H16N6O. The van der Waals surface area contributed by atoms with Crippen molar-refractivity contribution in [1.29, 1.82) is 5.26 Å². The van der Waals surface area contributed by atoms with E-state index >= 15 is 0 Å². The monoisotopic (exact) mass is 308 g/mol. The fourth-order valence-corrected chi connectivity index (χ4v) is 2.47. The van der Waals surface area contributed by atoms with Crippen molar-refractivity contribution in [3.8, 4) is 6.07 Å². The van der Waals surface area contributed by atoms with E-state index in [9.17, 15) is 4.79 Å². The van der Waals surface area contributed by atoms with Crippen molar-refractivity contribution < 1.29 is 4.79 Å². The Kier molecular flexibility index (Phi) is 4.06. The predicted molar refractivity (Wildman–Crippen MR) is 85.6 cm³/mol. The van der Waals surface area contributed by atoms with Crippen LogP contribution in [0.1, 0.15) is 12.1 Å². The molecule has 0 aliphatic heterocycles. The summed E-state index contributed by atoms with van der Waals surface area (Å²) in [5, 5.41) is 21.0. The summed E-state index contributed by atoms with van der Waals surface area (Å²) in [4.78, 5) is 12.0. The summed E-state index contributed by atoms with van der Waals surface area (Å²) >= 11 is 0. The quantitative estimate of drug-likeness (QED) is 0.781. The van der Waals surface area contributed by atoms with E-state index in [0.29, 0.717) is 18.8 Å². The summed E-state index contributed by atoms with van der Waals surface area (Å²) in [5.74, 6) is 0.316. The Labute approximate surface area is 133 Å². The van der Waals surface area contributed by atoms with Crippen molar-refractivity contribution >= 4 is 22.6 Å². The van der Waals surface area contributed by atoms with Crippen LogP contribution >= 0.6 is 0 Å². The molecule has 0 aliphatic rings. The lowest BCUT2D eigenvalue weighted by Gasteiger charge is -2.04. The number of amides is 1. The first-order valence-corrected chi connectivity index (χ1v) is 7.30. The van der Waals surface area contributed by atoms with Crippen LogP contribution in [0, 0.1) is 18.3 Å². The molecule has 0 spiro atoms. The molecule has 1 amide bonds. The van der Waals surface area contributed by atoms with E-state index in [1.54, 1.807) is 12.3 Å². The molecule has 0 aliphatic carbocycles. The van der Waals surface area contributed by atoms with Gasteiger partial charge in [-0.15, -0.1) is 0 Å². The molecule has 1 N–H and O–H groups in total. The molecule has 0 atom stereocenters. The van der Waals surface area contributed by atoms with Gasteiger partial charge >= 0.3 is 0 Å². The Balaban J connectivity index is 1.63. The first-order valence-electron chi connectivity index (χ1n) is 7.30. The second kappa shape index (κ2) is 6.32. The van der Waals surface area contributed by atoms with E-state index in [4.69, 9.17) is 5.26 Å². The Morgan fingerprint density at radius 2 is 2.13 bits per heavy atom. The molecule has 3 rings (SSSR count). The molecule has 0 saturated heterocycles. The van der Waals surface area contributed by atoms with Crippen molar-refractivity contribution in [2.24, 2.45) is 0 Å². The lowest BCUT2D eigenvalue weighted by Crippen LogP contribution is -2.15. The molecule has 0 bridgehead atoms. The first kappa shape index (κ1) is 14.8. The number of nitrogens with zero attached hydrogens (tertiary/aromatic N) is 5. The number of rotatable bonds is 5. The fourth-order valence-electron chi connectivity index (χ4n) is 2.47. The molecule has 2 aromatic heterocycles. The van der Waals surface area contributed by atoms with Gasteiger partial charge in [0.25, 0.3) is 0 Å². The minimum absolute atomic E-state index is 0.135. The number of benzene rings is 1. The predicted octanol–water partition coefficient (Wildman–Crippen LogP) is 2.09. The summed E-state index contributed by atoms with van der Waals surface area (Å²) in [7, 11) is 0. The second-order valence-corrected chi connectivity index (χ2v) is 5.18. The van der Waals surface area contributed by atoms with E-state index < -0.39 is 0 Å². The smallest absolute Gasteiger partial charge is 0.227 e. The van der Waals surface area contributed by atoms with Crippen LogP contribution in [-0.2, 0) is 17.9 Å². The van der Waals surface area contributed by atoms with E-state index in [0.717, 1.165) is 16.6 Å². The van der Waals surface area contributed by atoms with Gasteiger partial charge in [0.1, 0.15) is 6.54 Å². The summed E-state index contributed by atoms with van der Waals surface area (Å²) in [6.07, 6.45) is 1.96. The molecule has 0 saturated carbocycles. The topological polar surface area (TPSA) is 88.5 Å². The van der Waals surface area contributed by atoms with Crippen LogP contribution in [0.3, 0.4) is 0 Å². The zero-order valence-electron chi connectivity index (χ0n) is 12.7. The van der Waals surface area contributed by atoms with Crippen LogP contribution in [0.15, 0.2) is 36.5 Å². The van der Waals surface area contributed by atoms with Crippen LogP contribution in [0.2, 0.25) is 0 Å². The number of hydrogen-bond acceptors (Lipinski definition) is 4. The molecule has 23 heavy (non-hydrogen) atoms. The molecular weight excluding hydrogens is 292 g/mol. The van der Waals surface area contributed by atoms with Gasteiger partial charge in [-0.05, 0) is 13.0 Å². The molecule has 0 radical (unpaired) electrons. The number of hydrogen-bond donors (Lipinski definition) is 1. The molecule has 0 unspecified atom stereocenters. The zero-order chi connectivity index (χ0) is 16.2. The highest BCUT2D eigenvalue weighted by molar-refractivity contribution is 5.89. The van der Waals surface area contributed by atoms with Gasteiger partial charge in [-0.3, -0.25) is 14.2 Å². The SMILES string of the molecule is Cc1nn(CCC(=O)Nc2ccn(CC#N)n2)c2ccccc12.